The molecule has 2 aliphatic rings. The van der Waals surface area contributed by atoms with Crippen LogP contribution in [0.25, 0.3) is 6.08 Å². The molecule has 0 radical (unpaired) electrons. The van der Waals surface area contributed by atoms with Gasteiger partial charge in [-0.3, -0.25) is 9.78 Å². The van der Waals surface area contributed by atoms with Gasteiger partial charge in [-0.15, -0.1) is 0 Å². The van der Waals surface area contributed by atoms with E-state index in [2.05, 4.69) is 4.98 Å². The van der Waals surface area contributed by atoms with Crippen molar-refractivity contribution in [2.24, 2.45) is 17.8 Å². The Kier molecular flexibility index (Phi) is 12.1. The van der Waals surface area contributed by atoms with E-state index in [1.165, 1.54) is 6.08 Å². The number of aliphatic hydroxyl groups is 1. The second-order valence-corrected chi connectivity index (χ2v) is 10.9. The standard InChI is InChI=1S/C33H43NO6/c1-22-11-8-12-23(2)29-19-26(20-32(37)39-29)14-10-17-31(36)40-30(21-28(22)35)25(4)33(38-5)24(3)13-9-16-27-15-6-7-18-34-27/h6-13,15-18,23,25-26,28-30,33,35H,14,19-21H2,1-5H3/b12-8+,16-9+,17-10+,22-11+,24-13+/t23-,25+,26-,28+,29-,30+,33+/m1/s1. The molecule has 40 heavy (non-hydrogen) atoms. The normalized spacial score (nSPS) is 31.4. The molecule has 0 amide bonds. The number of hydrogen-bond donors (Lipinski definition) is 1. The quantitative estimate of drug-likeness (QED) is 0.355. The summed E-state index contributed by atoms with van der Waals surface area (Å²) >= 11 is 0. The largest absolute Gasteiger partial charge is 0.462 e. The maximum Gasteiger partial charge on any atom is 0.330 e. The van der Waals surface area contributed by atoms with E-state index < -0.39 is 18.2 Å². The van der Waals surface area contributed by atoms with Crippen LogP contribution in [0.2, 0.25) is 0 Å². The summed E-state index contributed by atoms with van der Waals surface area (Å²) in [6.07, 6.45) is 16.4. The van der Waals surface area contributed by atoms with Crippen LogP contribution < -0.4 is 0 Å². The number of cyclic esters (lactones) is 1. The summed E-state index contributed by atoms with van der Waals surface area (Å²) in [7, 11) is 1.63. The fourth-order valence-corrected chi connectivity index (χ4v) is 5.23. The van der Waals surface area contributed by atoms with E-state index in [1.807, 2.05) is 82.4 Å². The summed E-state index contributed by atoms with van der Waals surface area (Å²) in [6, 6.07) is 5.73. The third-order valence-electron chi connectivity index (χ3n) is 7.72. The van der Waals surface area contributed by atoms with Gasteiger partial charge in [0.05, 0.1) is 17.9 Å². The Morgan fingerprint density at radius 2 is 2.02 bits per heavy atom. The van der Waals surface area contributed by atoms with Crippen LogP contribution in [0.4, 0.5) is 0 Å². The zero-order valence-electron chi connectivity index (χ0n) is 24.2. The molecule has 216 valence electrons. The lowest BCUT2D eigenvalue weighted by Crippen LogP contribution is -2.37. The summed E-state index contributed by atoms with van der Waals surface area (Å²) in [5.74, 6) is -0.789. The molecule has 3 rings (SSSR count). The molecule has 2 bridgehead atoms. The van der Waals surface area contributed by atoms with Gasteiger partial charge in [0.2, 0.25) is 0 Å². The minimum Gasteiger partial charge on any atom is -0.462 e. The molecule has 1 aromatic heterocycles. The van der Waals surface area contributed by atoms with Gasteiger partial charge in [0.15, 0.2) is 0 Å². The second-order valence-electron chi connectivity index (χ2n) is 10.9. The molecule has 7 heteroatoms. The van der Waals surface area contributed by atoms with Gasteiger partial charge in [-0.05, 0) is 62.0 Å². The molecule has 1 fully saturated rings. The molecule has 0 saturated carbocycles. The van der Waals surface area contributed by atoms with Crippen molar-refractivity contribution in [3.05, 3.63) is 83.8 Å². The minimum atomic E-state index is -0.820. The first-order valence-corrected chi connectivity index (χ1v) is 14.1. The summed E-state index contributed by atoms with van der Waals surface area (Å²) in [5.41, 5.74) is 2.55. The van der Waals surface area contributed by atoms with Crippen LogP contribution in [-0.4, -0.2) is 53.6 Å². The van der Waals surface area contributed by atoms with Crippen molar-refractivity contribution >= 4 is 18.0 Å². The van der Waals surface area contributed by atoms with Gasteiger partial charge in [-0.2, -0.15) is 0 Å². The Bertz CT molecular complexity index is 1130. The van der Waals surface area contributed by atoms with Crippen LogP contribution in [0.1, 0.15) is 59.1 Å². The predicted molar refractivity (Wildman–Crippen MR) is 156 cm³/mol. The molecular weight excluding hydrogens is 506 g/mol. The highest BCUT2D eigenvalue weighted by Crippen LogP contribution is 2.30. The molecule has 2 aliphatic heterocycles. The van der Waals surface area contributed by atoms with Crippen molar-refractivity contribution < 1.29 is 28.9 Å². The first kappa shape index (κ1) is 31.2. The number of nitrogens with zero attached hydrogens (tertiary/aromatic N) is 1. The summed E-state index contributed by atoms with van der Waals surface area (Å²) in [5, 5.41) is 11.0. The number of fused-ring (bicyclic) bond motifs is 2. The van der Waals surface area contributed by atoms with Crippen molar-refractivity contribution in [3.63, 3.8) is 0 Å². The Morgan fingerprint density at radius 1 is 1.23 bits per heavy atom. The van der Waals surface area contributed by atoms with E-state index in [1.54, 1.807) is 19.4 Å². The fraction of sp³-hybridized carbons (Fsp3) is 0.485. The zero-order valence-corrected chi connectivity index (χ0v) is 24.2. The van der Waals surface area contributed by atoms with Gasteiger partial charge in [0.1, 0.15) is 12.2 Å². The topological polar surface area (TPSA) is 95.0 Å². The third-order valence-corrected chi connectivity index (χ3v) is 7.72. The number of aliphatic hydroxyl groups excluding tert-OH is 1. The van der Waals surface area contributed by atoms with Crippen LogP contribution in [0.15, 0.2) is 78.1 Å². The highest BCUT2D eigenvalue weighted by molar-refractivity contribution is 5.82. The van der Waals surface area contributed by atoms with Gasteiger partial charge in [0.25, 0.3) is 0 Å². The van der Waals surface area contributed by atoms with Crippen molar-refractivity contribution in [2.75, 3.05) is 7.11 Å². The number of aromatic nitrogens is 1. The maximum absolute atomic E-state index is 12.9. The Hall–Kier alpha value is -3.29. The highest BCUT2D eigenvalue weighted by Gasteiger charge is 2.33. The highest BCUT2D eigenvalue weighted by atomic mass is 16.6. The molecule has 7 nitrogen and oxygen atoms in total. The lowest BCUT2D eigenvalue weighted by Gasteiger charge is -2.32. The average Bonchev–Trinajstić information content (AvgIpc) is 2.92. The Balaban J connectivity index is 1.82. The van der Waals surface area contributed by atoms with E-state index in [9.17, 15) is 14.7 Å². The fourth-order valence-electron chi connectivity index (χ4n) is 5.23. The number of allylic oxidation sites excluding steroid dienone is 5. The SMILES string of the molecule is CO[C@@H](/C(C)=C/C=C/c1ccccn1)[C@@H](C)[C@@H]1C[C@H](O)/C(C)=C/C=C/[C@@H](C)[C@H]2C[C@@H](C/C=C/C(=O)O1)CC(=O)O2. The molecule has 0 aliphatic carbocycles. The molecule has 1 aromatic rings. The van der Waals surface area contributed by atoms with E-state index in [0.717, 1.165) is 23.3 Å². The first-order chi connectivity index (χ1) is 19.2. The van der Waals surface area contributed by atoms with Crippen LogP contribution in [0, 0.1) is 17.8 Å². The Morgan fingerprint density at radius 3 is 2.75 bits per heavy atom. The number of pyridine rings is 1. The maximum atomic E-state index is 12.9. The van der Waals surface area contributed by atoms with Gasteiger partial charge in [0, 0.05) is 44.1 Å². The third kappa shape index (κ3) is 9.42. The van der Waals surface area contributed by atoms with Gasteiger partial charge < -0.3 is 19.3 Å². The molecule has 0 spiro atoms. The van der Waals surface area contributed by atoms with Crippen molar-refractivity contribution in [1.82, 2.24) is 4.98 Å². The molecule has 0 aromatic carbocycles. The van der Waals surface area contributed by atoms with Gasteiger partial charge in [-0.25, -0.2) is 4.79 Å². The van der Waals surface area contributed by atoms with Crippen molar-refractivity contribution in [3.8, 4) is 0 Å². The molecule has 0 unspecified atom stereocenters. The molecule has 1 saturated heterocycles. The predicted octanol–water partition coefficient (Wildman–Crippen LogP) is 5.78. The number of carbonyl (C=O) groups is 2. The van der Waals surface area contributed by atoms with E-state index in [4.69, 9.17) is 14.2 Å². The first-order valence-electron chi connectivity index (χ1n) is 14.1. The lowest BCUT2D eigenvalue weighted by atomic mass is 9.86. The van der Waals surface area contributed by atoms with Gasteiger partial charge in [-0.1, -0.05) is 56.4 Å². The average molecular weight is 550 g/mol. The van der Waals surface area contributed by atoms with Crippen LogP contribution >= 0.6 is 0 Å². The van der Waals surface area contributed by atoms with E-state index >= 15 is 0 Å². The number of hydrogen-bond acceptors (Lipinski definition) is 7. The zero-order chi connectivity index (χ0) is 29.1. The molecular formula is C33H43NO6. The van der Waals surface area contributed by atoms with Crippen LogP contribution in [-0.2, 0) is 23.8 Å². The summed E-state index contributed by atoms with van der Waals surface area (Å²) in [4.78, 5) is 29.4. The Labute approximate surface area is 238 Å². The van der Waals surface area contributed by atoms with Crippen LogP contribution in [0.3, 0.4) is 0 Å². The van der Waals surface area contributed by atoms with Crippen molar-refractivity contribution in [1.29, 1.82) is 0 Å². The molecule has 3 heterocycles. The van der Waals surface area contributed by atoms with E-state index in [0.29, 0.717) is 12.8 Å². The van der Waals surface area contributed by atoms with Crippen LogP contribution in [0.5, 0.6) is 0 Å². The smallest absolute Gasteiger partial charge is 0.330 e. The number of rotatable bonds is 6. The van der Waals surface area contributed by atoms with E-state index in [-0.39, 0.29) is 42.4 Å². The number of esters is 2. The summed E-state index contributed by atoms with van der Waals surface area (Å²) in [6.45, 7) is 7.82. The number of carbonyl (C=O) groups excluding carboxylic acids is 2. The lowest BCUT2D eigenvalue weighted by molar-refractivity contribution is -0.158. The van der Waals surface area contributed by atoms with Crippen molar-refractivity contribution in [2.45, 2.75) is 77.8 Å². The summed E-state index contributed by atoms with van der Waals surface area (Å²) < 4.78 is 17.4. The monoisotopic (exact) mass is 549 g/mol. The number of ether oxygens (including phenoxy) is 3. The van der Waals surface area contributed by atoms with Gasteiger partial charge >= 0.3 is 11.9 Å². The molecule has 7 atom stereocenters. The molecule has 1 N–H and O–H groups in total. The second kappa shape index (κ2) is 15.5. The minimum absolute atomic E-state index is 0.0338. The number of methoxy groups -OCH3 is 1.